The Labute approximate surface area is 167 Å². The number of rotatable bonds is 4. The molecule has 2 aromatic carbocycles. The highest BCUT2D eigenvalue weighted by atomic mass is 127. The fourth-order valence-electron chi connectivity index (χ4n) is 3.00. The van der Waals surface area contributed by atoms with Crippen LogP contribution in [0.25, 0.3) is 6.08 Å². The first-order valence-corrected chi connectivity index (χ1v) is 9.79. The van der Waals surface area contributed by atoms with Crippen molar-refractivity contribution < 1.29 is 9.59 Å². The zero-order valence-corrected chi connectivity index (χ0v) is 16.6. The van der Waals surface area contributed by atoms with E-state index in [9.17, 15) is 9.59 Å². The van der Waals surface area contributed by atoms with Crippen LogP contribution in [0.15, 0.2) is 60.7 Å². The van der Waals surface area contributed by atoms with Crippen LogP contribution in [0.3, 0.4) is 0 Å². The van der Waals surface area contributed by atoms with Gasteiger partial charge in [-0.1, -0.05) is 42.5 Å². The standard InChI is InChI=1S/C21H21IN2O2/c22-18-8-4-5-9-19(18)23-21(26)17-12-14-24(15-13-17)20(25)11-10-16-6-2-1-3-7-16/h1-11,17H,12-15H2,(H,23,26). The second kappa shape index (κ2) is 8.98. The molecule has 3 rings (SSSR count). The number of halogens is 1. The Morgan fingerprint density at radius 3 is 2.35 bits per heavy atom. The number of nitrogens with one attached hydrogen (secondary N) is 1. The van der Waals surface area contributed by atoms with E-state index in [4.69, 9.17) is 0 Å². The quantitative estimate of drug-likeness (QED) is 0.550. The second-order valence-electron chi connectivity index (χ2n) is 6.31. The van der Waals surface area contributed by atoms with Crippen molar-refractivity contribution in [2.75, 3.05) is 18.4 Å². The summed E-state index contributed by atoms with van der Waals surface area (Å²) in [5.41, 5.74) is 1.86. The van der Waals surface area contributed by atoms with Crippen molar-refractivity contribution in [3.63, 3.8) is 0 Å². The van der Waals surface area contributed by atoms with Crippen molar-refractivity contribution in [2.45, 2.75) is 12.8 Å². The van der Waals surface area contributed by atoms with Crippen LogP contribution in [0.5, 0.6) is 0 Å². The summed E-state index contributed by atoms with van der Waals surface area (Å²) in [5, 5.41) is 3.01. The highest BCUT2D eigenvalue weighted by molar-refractivity contribution is 14.1. The Hall–Kier alpha value is -2.15. The summed E-state index contributed by atoms with van der Waals surface area (Å²) < 4.78 is 1.03. The van der Waals surface area contributed by atoms with Gasteiger partial charge in [0, 0.05) is 28.7 Å². The summed E-state index contributed by atoms with van der Waals surface area (Å²) in [7, 11) is 0. The van der Waals surface area contributed by atoms with Gasteiger partial charge in [0.15, 0.2) is 0 Å². The Kier molecular flexibility index (Phi) is 6.44. The van der Waals surface area contributed by atoms with Crippen LogP contribution in [0.4, 0.5) is 5.69 Å². The molecule has 0 aliphatic carbocycles. The van der Waals surface area contributed by atoms with Gasteiger partial charge in [0.05, 0.1) is 5.69 Å². The molecule has 0 spiro atoms. The van der Waals surface area contributed by atoms with Gasteiger partial charge in [-0.25, -0.2) is 0 Å². The van der Waals surface area contributed by atoms with E-state index in [1.54, 1.807) is 6.08 Å². The average molecular weight is 460 g/mol. The lowest BCUT2D eigenvalue weighted by Crippen LogP contribution is -2.40. The summed E-state index contributed by atoms with van der Waals surface area (Å²) in [5.74, 6) is -0.000444. The summed E-state index contributed by atoms with van der Waals surface area (Å²) in [6, 6.07) is 17.5. The van der Waals surface area contributed by atoms with Crippen molar-refractivity contribution in [1.29, 1.82) is 0 Å². The molecule has 0 atom stereocenters. The summed E-state index contributed by atoms with van der Waals surface area (Å²) in [4.78, 5) is 26.6. The minimum atomic E-state index is -0.0480. The molecule has 0 aromatic heterocycles. The van der Waals surface area contributed by atoms with E-state index in [2.05, 4.69) is 27.9 Å². The molecule has 5 heteroatoms. The van der Waals surface area contributed by atoms with Gasteiger partial charge < -0.3 is 10.2 Å². The zero-order chi connectivity index (χ0) is 18.4. The smallest absolute Gasteiger partial charge is 0.246 e. The van der Waals surface area contributed by atoms with E-state index >= 15 is 0 Å². The third-order valence-corrected chi connectivity index (χ3v) is 5.47. The van der Waals surface area contributed by atoms with Crippen molar-refractivity contribution in [3.05, 3.63) is 69.8 Å². The predicted molar refractivity (Wildman–Crippen MR) is 113 cm³/mol. The molecule has 2 aromatic rings. The lowest BCUT2D eigenvalue weighted by Gasteiger charge is -2.30. The Bertz CT molecular complexity index is 797. The number of amides is 2. The molecule has 1 fully saturated rings. The van der Waals surface area contributed by atoms with Crippen LogP contribution in [-0.2, 0) is 9.59 Å². The third-order valence-electron chi connectivity index (χ3n) is 4.53. The normalized spacial score (nSPS) is 15.2. The molecule has 0 saturated carbocycles. The van der Waals surface area contributed by atoms with E-state index in [0.717, 1.165) is 14.8 Å². The number of carbonyl (C=O) groups is 2. The lowest BCUT2D eigenvalue weighted by atomic mass is 9.95. The molecule has 134 valence electrons. The molecule has 26 heavy (non-hydrogen) atoms. The molecule has 0 bridgehead atoms. The minimum absolute atomic E-state index is 0.00493. The van der Waals surface area contributed by atoms with Gasteiger partial charge >= 0.3 is 0 Å². The lowest BCUT2D eigenvalue weighted by molar-refractivity contribution is -0.130. The highest BCUT2D eigenvalue weighted by Crippen LogP contribution is 2.22. The van der Waals surface area contributed by atoms with Crippen molar-refractivity contribution in [1.82, 2.24) is 4.90 Å². The summed E-state index contributed by atoms with van der Waals surface area (Å²) in [6.07, 6.45) is 4.83. The Balaban J connectivity index is 1.50. The third kappa shape index (κ3) is 4.94. The highest BCUT2D eigenvalue weighted by Gasteiger charge is 2.26. The fourth-order valence-corrected chi connectivity index (χ4v) is 3.52. The number of hydrogen-bond acceptors (Lipinski definition) is 2. The molecule has 1 aliphatic heterocycles. The first kappa shape index (κ1) is 18.6. The first-order chi connectivity index (χ1) is 12.6. The van der Waals surface area contributed by atoms with Crippen molar-refractivity contribution in [3.8, 4) is 0 Å². The van der Waals surface area contributed by atoms with E-state index < -0.39 is 0 Å². The largest absolute Gasteiger partial charge is 0.339 e. The Morgan fingerprint density at radius 2 is 1.65 bits per heavy atom. The Morgan fingerprint density at radius 1 is 1.00 bits per heavy atom. The van der Waals surface area contributed by atoms with E-state index in [0.29, 0.717) is 25.9 Å². The maximum absolute atomic E-state index is 12.5. The maximum Gasteiger partial charge on any atom is 0.246 e. The maximum atomic E-state index is 12.5. The van der Waals surface area contributed by atoms with Gasteiger partial charge in [0.25, 0.3) is 0 Å². The molecule has 1 heterocycles. The number of hydrogen-bond donors (Lipinski definition) is 1. The van der Waals surface area contributed by atoms with Gasteiger partial charge in [-0.05, 0) is 59.2 Å². The SMILES string of the molecule is O=C(Nc1ccccc1I)C1CCN(C(=O)C=Cc2ccccc2)CC1. The number of nitrogens with zero attached hydrogens (tertiary/aromatic N) is 1. The van der Waals surface area contributed by atoms with Crippen molar-refractivity contribution >= 4 is 46.2 Å². The van der Waals surface area contributed by atoms with Gasteiger partial charge in [-0.3, -0.25) is 9.59 Å². The van der Waals surface area contributed by atoms with E-state index in [1.165, 1.54) is 0 Å². The van der Waals surface area contributed by atoms with E-state index in [1.807, 2.05) is 65.6 Å². The van der Waals surface area contributed by atoms with Gasteiger partial charge in [0.2, 0.25) is 11.8 Å². The molecule has 1 saturated heterocycles. The van der Waals surface area contributed by atoms with Gasteiger partial charge in [-0.2, -0.15) is 0 Å². The number of anilines is 1. The topological polar surface area (TPSA) is 49.4 Å². The molecule has 0 radical (unpaired) electrons. The van der Waals surface area contributed by atoms with Crippen LogP contribution >= 0.6 is 22.6 Å². The molecular weight excluding hydrogens is 439 g/mol. The monoisotopic (exact) mass is 460 g/mol. The van der Waals surface area contributed by atoms with Gasteiger partial charge in [0.1, 0.15) is 0 Å². The fraction of sp³-hybridized carbons (Fsp3) is 0.238. The molecule has 1 aliphatic rings. The second-order valence-corrected chi connectivity index (χ2v) is 7.47. The summed E-state index contributed by atoms with van der Waals surface area (Å²) in [6.45, 7) is 1.23. The average Bonchev–Trinajstić information content (AvgIpc) is 2.69. The molecule has 4 nitrogen and oxygen atoms in total. The molecule has 0 unspecified atom stereocenters. The molecule has 2 amide bonds. The number of benzene rings is 2. The van der Waals surface area contributed by atoms with Crippen LogP contribution in [0.1, 0.15) is 18.4 Å². The van der Waals surface area contributed by atoms with Crippen molar-refractivity contribution in [2.24, 2.45) is 5.92 Å². The molecule has 1 N–H and O–H groups in total. The number of likely N-dealkylation sites (tertiary alicyclic amines) is 1. The van der Waals surface area contributed by atoms with Gasteiger partial charge in [-0.15, -0.1) is 0 Å². The first-order valence-electron chi connectivity index (χ1n) is 8.71. The number of para-hydroxylation sites is 1. The number of carbonyl (C=O) groups excluding carboxylic acids is 2. The zero-order valence-electron chi connectivity index (χ0n) is 14.4. The number of piperidine rings is 1. The van der Waals surface area contributed by atoms with Crippen LogP contribution in [-0.4, -0.2) is 29.8 Å². The predicted octanol–water partition coefficient (Wildman–Crippen LogP) is 4.18. The molecular formula is C21H21IN2O2. The van der Waals surface area contributed by atoms with Crippen LogP contribution < -0.4 is 5.32 Å². The van der Waals surface area contributed by atoms with E-state index in [-0.39, 0.29) is 17.7 Å². The van der Waals surface area contributed by atoms with Crippen LogP contribution in [0.2, 0.25) is 0 Å². The van der Waals surface area contributed by atoms with Crippen LogP contribution in [0, 0.1) is 9.49 Å². The summed E-state index contributed by atoms with van der Waals surface area (Å²) >= 11 is 2.22. The minimum Gasteiger partial charge on any atom is -0.339 e.